The van der Waals surface area contributed by atoms with Gasteiger partial charge >= 0.3 is 0 Å². The summed E-state index contributed by atoms with van der Waals surface area (Å²) < 4.78 is 1.59. The molecule has 1 saturated heterocycles. The van der Waals surface area contributed by atoms with Crippen LogP contribution in [0.3, 0.4) is 0 Å². The minimum atomic E-state index is -0.0154. The molecular weight excluding hydrogens is 380 g/mol. The SMILES string of the molecule is Cc1nc2nc(N)nn2c(C)c1CC(=O)NCCN1CCN(c2ccccc2)CC1. The molecule has 30 heavy (non-hydrogen) atoms. The van der Waals surface area contributed by atoms with Crippen molar-refractivity contribution in [3.8, 4) is 0 Å². The molecule has 3 N–H and O–H groups in total. The molecule has 1 amide bonds. The Hall–Kier alpha value is -3.20. The van der Waals surface area contributed by atoms with Crippen LogP contribution in [-0.4, -0.2) is 69.7 Å². The number of aryl methyl sites for hydroxylation is 2. The quantitative estimate of drug-likeness (QED) is 0.622. The van der Waals surface area contributed by atoms with Gasteiger partial charge in [-0.2, -0.15) is 9.50 Å². The second-order valence-electron chi connectivity index (χ2n) is 7.63. The van der Waals surface area contributed by atoms with Gasteiger partial charge in [0.1, 0.15) is 0 Å². The average molecular weight is 409 g/mol. The van der Waals surface area contributed by atoms with Gasteiger partial charge in [-0.1, -0.05) is 18.2 Å². The smallest absolute Gasteiger partial charge is 0.254 e. The molecule has 1 aliphatic heterocycles. The predicted molar refractivity (Wildman–Crippen MR) is 116 cm³/mol. The van der Waals surface area contributed by atoms with Crippen LogP contribution < -0.4 is 16.0 Å². The molecule has 9 heteroatoms. The number of anilines is 2. The number of nitrogens with two attached hydrogens (primary N) is 1. The van der Waals surface area contributed by atoms with Crippen LogP contribution in [-0.2, 0) is 11.2 Å². The van der Waals surface area contributed by atoms with E-state index in [0.29, 0.717) is 12.3 Å². The van der Waals surface area contributed by atoms with Gasteiger partial charge in [0, 0.05) is 61.9 Å². The first kappa shape index (κ1) is 20.1. The van der Waals surface area contributed by atoms with Crippen LogP contribution in [0.4, 0.5) is 11.6 Å². The molecule has 2 aromatic heterocycles. The Morgan fingerprint density at radius 1 is 1.10 bits per heavy atom. The Balaban J connectivity index is 1.26. The fourth-order valence-corrected chi connectivity index (χ4v) is 3.92. The molecule has 0 saturated carbocycles. The Morgan fingerprint density at radius 2 is 1.83 bits per heavy atom. The lowest BCUT2D eigenvalue weighted by atomic mass is 10.1. The van der Waals surface area contributed by atoms with Crippen molar-refractivity contribution in [2.45, 2.75) is 20.3 Å². The van der Waals surface area contributed by atoms with E-state index in [-0.39, 0.29) is 18.3 Å². The Labute approximate surface area is 175 Å². The maximum atomic E-state index is 12.5. The second kappa shape index (κ2) is 8.66. The van der Waals surface area contributed by atoms with E-state index in [4.69, 9.17) is 5.73 Å². The van der Waals surface area contributed by atoms with Gasteiger partial charge in [-0.15, -0.1) is 5.10 Å². The minimum absolute atomic E-state index is 0.0154. The van der Waals surface area contributed by atoms with Crippen molar-refractivity contribution >= 4 is 23.3 Å². The molecule has 0 spiro atoms. The highest BCUT2D eigenvalue weighted by Crippen LogP contribution is 2.16. The zero-order valence-corrected chi connectivity index (χ0v) is 17.5. The Kier molecular flexibility index (Phi) is 5.80. The van der Waals surface area contributed by atoms with Crippen LogP contribution in [0, 0.1) is 13.8 Å². The van der Waals surface area contributed by atoms with Crippen LogP contribution in [0.25, 0.3) is 5.78 Å². The number of nitrogens with one attached hydrogen (secondary N) is 1. The zero-order chi connectivity index (χ0) is 21.1. The summed E-state index contributed by atoms with van der Waals surface area (Å²) >= 11 is 0. The topological polar surface area (TPSA) is 105 Å². The van der Waals surface area contributed by atoms with E-state index in [1.54, 1.807) is 4.52 Å². The summed E-state index contributed by atoms with van der Waals surface area (Å²) in [5, 5.41) is 7.19. The highest BCUT2D eigenvalue weighted by atomic mass is 16.1. The van der Waals surface area contributed by atoms with Crippen molar-refractivity contribution in [1.82, 2.24) is 29.8 Å². The van der Waals surface area contributed by atoms with E-state index in [0.717, 1.165) is 49.7 Å². The number of fused-ring (bicyclic) bond motifs is 1. The van der Waals surface area contributed by atoms with Crippen LogP contribution in [0.1, 0.15) is 17.0 Å². The first-order chi connectivity index (χ1) is 14.5. The standard InChI is InChI=1S/C21H28N8O/c1-15-18(16(2)29-21(24-15)25-20(22)26-29)14-19(30)23-8-9-27-10-12-28(13-11-27)17-6-4-3-5-7-17/h3-7H,8-14H2,1-2H3,(H2,22,26)(H,23,30). The van der Waals surface area contributed by atoms with Gasteiger partial charge in [-0.3, -0.25) is 9.69 Å². The Bertz CT molecular complexity index is 1020. The monoisotopic (exact) mass is 408 g/mol. The third-order valence-corrected chi connectivity index (χ3v) is 5.65. The fourth-order valence-electron chi connectivity index (χ4n) is 3.92. The molecule has 3 heterocycles. The van der Waals surface area contributed by atoms with Gasteiger partial charge < -0.3 is 16.0 Å². The Morgan fingerprint density at radius 3 is 2.57 bits per heavy atom. The maximum Gasteiger partial charge on any atom is 0.254 e. The van der Waals surface area contributed by atoms with Crippen molar-refractivity contribution in [2.24, 2.45) is 0 Å². The molecule has 3 aromatic rings. The minimum Gasteiger partial charge on any atom is -0.369 e. The van der Waals surface area contributed by atoms with Gasteiger partial charge in [0.05, 0.1) is 6.42 Å². The number of hydrogen-bond acceptors (Lipinski definition) is 7. The second-order valence-corrected chi connectivity index (χ2v) is 7.63. The number of benzene rings is 1. The number of carbonyl (C=O) groups excluding carboxylic acids is 1. The molecule has 1 aliphatic rings. The first-order valence-corrected chi connectivity index (χ1v) is 10.3. The van der Waals surface area contributed by atoms with Gasteiger partial charge in [-0.05, 0) is 26.0 Å². The van der Waals surface area contributed by atoms with E-state index in [2.05, 4.69) is 54.4 Å². The molecule has 4 rings (SSSR count). The van der Waals surface area contributed by atoms with Crippen LogP contribution in [0.2, 0.25) is 0 Å². The third kappa shape index (κ3) is 4.35. The lowest BCUT2D eigenvalue weighted by Crippen LogP contribution is -2.48. The molecule has 0 aliphatic carbocycles. The molecule has 0 bridgehead atoms. The summed E-state index contributed by atoms with van der Waals surface area (Å²) in [7, 11) is 0. The molecule has 158 valence electrons. The maximum absolute atomic E-state index is 12.5. The lowest BCUT2D eigenvalue weighted by Gasteiger charge is -2.36. The van der Waals surface area contributed by atoms with E-state index in [9.17, 15) is 4.79 Å². The molecule has 0 atom stereocenters. The third-order valence-electron chi connectivity index (χ3n) is 5.65. The molecular formula is C21H28N8O. The summed E-state index contributed by atoms with van der Waals surface area (Å²) in [4.78, 5) is 25.8. The number of piperazine rings is 1. The van der Waals surface area contributed by atoms with E-state index >= 15 is 0 Å². The molecule has 0 radical (unpaired) electrons. The number of carbonyl (C=O) groups is 1. The molecule has 0 unspecified atom stereocenters. The van der Waals surface area contributed by atoms with Crippen molar-refractivity contribution in [2.75, 3.05) is 49.9 Å². The number of para-hydroxylation sites is 1. The van der Waals surface area contributed by atoms with Gasteiger partial charge in [0.15, 0.2) is 0 Å². The van der Waals surface area contributed by atoms with Gasteiger partial charge in [0.25, 0.3) is 5.78 Å². The molecule has 1 aromatic carbocycles. The van der Waals surface area contributed by atoms with Crippen molar-refractivity contribution < 1.29 is 4.79 Å². The highest BCUT2D eigenvalue weighted by molar-refractivity contribution is 5.79. The summed E-state index contributed by atoms with van der Waals surface area (Å²) in [6, 6.07) is 10.5. The summed E-state index contributed by atoms with van der Waals surface area (Å²) in [6.07, 6.45) is 0.266. The normalized spacial score (nSPS) is 14.9. The largest absolute Gasteiger partial charge is 0.369 e. The first-order valence-electron chi connectivity index (χ1n) is 10.3. The molecule has 1 fully saturated rings. The van der Waals surface area contributed by atoms with Crippen LogP contribution >= 0.6 is 0 Å². The average Bonchev–Trinajstić information content (AvgIpc) is 3.12. The lowest BCUT2D eigenvalue weighted by molar-refractivity contribution is -0.120. The van der Waals surface area contributed by atoms with Crippen molar-refractivity contribution in [3.05, 3.63) is 47.3 Å². The molecule has 9 nitrogen and oxygen atoms in total. The number of aromatic nitrogens is 4. The predicted octanol–water partition coefficient (Wildman–Crippen LogP) is 0.804. The summed E-state index contributed by atoms with van der Waals surface area (Å²) in [6.45, 7) is 9.27. The number of rotatable bonds is 6. The number of amides is 1. The highest BCUT2D eigenvalue weighted by Gasteiger charge is 2.18. The number of nitrogens with zero attached hydrogens (tertiary/aromatic N) is 6. The summed E-state index contributed by atoms with van der Waals surface area (Å²) in [5.74, 6) is 0.624. The number of nitrogen functional groups attached to an aromatic ring is 1. The van der Waals surface area contributed by atoms with Gasteiger partial charge in [-0.25, -0.2) is 4.98 Å². The zero-order valence-electron chi connectivity index (χ0n) is 17.5. The summed E-state index contributed by atoms with van der Waals surface area (Å²) in [5.41, 5.74) is 9.42. The van der Waals surface area contributed by atoms with Crippen molar-refractivity contribution in [1.29, 1.82) is 0 Å². The number of hydrogen-bond donors (Lipinski definition) is 2. The van der Waals surface area contributed by atoms with Crippen LogP contribution in [0.5, 0.6) is 0 Å². The van der Waals surface area contributed by atoms with Crippen molar-refractivity contribution in [3.63, 3.8) is 0 Å². The van der Waals surface area contributed by atoms with E-state index < -0.39 is 0 Å². The van der Waals surface area contributed by atoms with Gasteiger partial charge in [0.2, 0.25) is 11.9 Å². The van der Waals surface area contributed by atoms with E-state index in [1.165, 1.54) is 5.69 Å². The van der Waals surface area contributed by atoms with Crippen LogP contribution in [0.15, 0.2) is 30.3 Å². The fraction of sp³-hybridized carbons (Fsp3) is 0.429. The van der Waals surface area contributed by atoms with E-state index in [1.807, 2.05) is 19.9 Å².